The second-order valence-corrected chi connectivity index (χ2v) is 7.41. The van der Waals surface area contributed by atoms with Gasteiger partial charge in [-0.3, -0.25) is 4.79 Å². The number of hydrogen-bond acceptors (Lipinski definition) is 6. The molecule has 1 saturated heterocycles. The minimum Gasteiger partial charge on any atom is -0.383 e. The number of hydrogen-bond donors (Lipinski definition) is 1. The van der Waals surface area contributed by atoms with Crippen molar-refractivity contribution in [3.8, 4) is 0 Å². The fourth-order valence-electron chi connectivity index (χ4n) is 3.18. The van der Waals surface area contributed by atoms with Gasteiger partial charge in [-0.25, -0.2) is 9.97 Å². The Morgan fingerprint density at radius 3 is 2.83 bits per heavy atom. The zero-order valence-electron chi connectivity index (χ0n) is 14.5. The molecule has 7 heteroatoms. The molecular formula is C17H24N4O2S. The number of rotatable bonds is 5. The molecule has 0 unspecified atom stereocenters. The lowest BCUT2D eigenvalue weighted by atomic mass is 9.95. The highest BCUT2D eigenvalue weighted by molar-refractivity contribution is 7.18. The molecule has 1 aliphatic rings. The first kappa shape index (κ1) is 17.1. The van der Waals surface area contributed by atoms with E-state index < -0.39 is 0 Å². The number of amides is 1. The van der Waals surface area contributed by atoms with Crippen LogP contribution < -0.4 is 10.2 Å². The summed E-state index contributed by atoms with van der Waals surface area (Å²) in [6, 6.07) is 0. The van der Waals surface area contributed by atoms with Crippen LogP contribution in [-0.4, -0.2) is 49.2 Å². The molecule has 0 bridgehead atoms. The van der Waals surface area contributed by atoms with Gasteiger partial charge < -0.3 is 15.0 Å². The molecule has 0 aliphatic carbocycles. The summed E-state index contributed by atoms with van der Waals surface area (Å²) in [5.74, 6) is 1.24. The number of nitrogens with one attached hydrogen (secondary N) is 1. The van der Waals surface area contributed by atoms with Crippen LogP contribution in [-0.2, 0) is 9.53 Å². The molecular weight excluding hydrogens is 324 g/mol. The van der Waals surface area contributed by atoms with E-state index in [1.807, 2.05) is 0 Å². The van der Waals surface area contributed by atoms with Crippen LogP contribution in [0.2, 0.25) is 0 Å². The number of anilines is 1. The molecule has 0 aromatic carbocycles. The van der Waals surface area contributed by atoms with Crippen molar-refractivity contribution in [2.45, 2.75) is 26.7 Å². The smallest absolute Gasteiger partial charge is 0.223 e. The highest BCUT2D eigenvalue weighted by Gasteiger charge is 2.27. The number of methoxy groups -OCH3 is 1. The average molecular weight is 348 g/mol. The van der Waals surface area contributed by atoms with Crippen molar-refractivity contribution < 1.29 is 9.53 Å². The molecule has 130 valence electrons. The number of carbonyl (C=O) groups excluding carboxylic acids is 1. The van der Waals surface area contributed by atoms with Crippen molar-refractivity contribution in [3.05, 3.63) is 16.8 Å². The molecule has 0 radical (unpaired) electrons. The molecule has 2 aromatic rings. The van der Waals surface area contributed by atoms with Crippen molar-refractivity contribution in [1.82, 2.24) is 15.3 Å². The number of aromatic nitrogens is 2. The van der Waals surface area contributed by atoms with Crippen LogP contribution in [0, 0.1) is 19.8 Å². The van der Waals surface area contributed by atoms with Crippen LogP contribution in [0.3, 0.4) is 0 Å². The summed E-state index contributed by atoms with van der Waals surface area (Å²) in [6.07, 6.45) is 3.36. The predicted octanol–water partition coefficient (Wildman–Crippen LogP) is 2.29. The number of carbonyl (C=O) groups is 1. The maximum Gasteiger partial charge on any atom is 0.223 e. The SMILES string of the molecule is COCCNC(=O)C1CCN(c2ncnc3sc(C)c(C)c23)CC1. The Bertz CT molecular complexity index is 723. The third-order valence-electron chi connectivity index (χ3n) is 4.72. The Labute approximate surface area is 146 Å². The Morgan fingerprint density at radius 1 is 1.38 bits per heavy atom. The molecule has 24 heavy (non-hydrogen) atoms. The fraction of sp³-hybridized carbons (Fsp3) is 0.588. The van der Waals surface area contributed by atoms with Crippen LogP contribution in [0.1, 0.15) is 23.3 Å². The van der Waals surface area contributed by atoms with Crippen molar-refractivity contribution in [3.63, 3.8) is 0 Å². The van der Waals surface area contributed by atoms with Crippen molar-refractivity contribution in [2.24, 2.45) is 5.92 Å². The van der Waals surface area contributed by atoms with Crippen LogP contribution >= 0.6 is 11.3 Å². The molecule has 0 atom stereocenters. The standard InChI is InChI=1S/C17H24N4O2S/c1-11-12(2)24-17-14(11)15(19-10-20-17)21-7-4-13(5-8-21)16(22)18-6-9-23-3/h10,13H,4-9H2,1-3H3,(H,18,22). The molecule has 6 nitrogen and oxygen atoms in total. The normalized spacial score (nSPS) is 15.9. The maximum absolute atomic E-state index is 12.2. The van der Waals surface area contributed by atoms with E-state index >= 15 is 0 Å². The molecule has 3 heterocycles. The fourth-order valence-corrected chi connectivity index (χ4v) is 4.17. The topological polar surface area (TPSA) is 67.3 Å². The first-order valence-electron chi connectivity index (χ1n) is 8.34. The largest absolute Gasteiger partial charge is 0.383 e. The highest BCUT2D eigenvalue weighted by Crippen LogP contribution is 2.35. The first-order valence-corrected chi connectivity index (χ1v) is 9.15. The lowest BCUT2D eigenvalue weighted by molar-refractivity contribution is -0.125. The molecule has 0 spiro atoms. The van der Waals surface area contributed by atoms with E-state index in [2.05, 4.69) is 34.0 Å². The lowest BCUT2D eigenvalue weighted by Crippen LogP contribution is -2.41. The summed E-state index contributed by atoms with van der Waals surface area (Å²) >= 11 is 1.72. The van der Waals surface area contributed by atoms with Gasteiger partial charge in [0.25, 0.3) is 0 Å². The summed E-state index contributed by atoms with van der Waals surface area (Å²) in [4.78, 5) is 25.8. The zero-order chi connectivity index (χ0) is 17.1. The summed E-state index contributed by atoms with van der Waals surface area (Å²) < 4.78 is 4.97. The van der Waals surface area contributed by atoms with Gasteiger partial charge in [-0.15, -0.1) is 11.3 Å². The van der Waals surface area contributed by atoms with Crippen molar-refractivity contribution in [1.29, 1.82) is 0 Å². The molecule has 0 saturated carbocycles. The second-order valence-electron chi connectivity index (χ2n) is 6.21. The number of fused-ring (bicyclic) bond motifs is 1. The predicted molar refractivity (Wildman–Crippen MR) is 96.7 cm³/mol. The van der Waals surface area contributed by atoms with Crippen molar-refractivity contribution >= 4 is 33.3 Å². The molecule has 2 aromatic heterocycles. The second kappa shape index (κ2) is 7.44. The third kappa shape index (κ3) is 3.37. The van der Waals surface area contributed by atoms with Gasteiger partial charge in [-0.05, 0) is 32.3 Å². The summed E-state index contributed by atoms with van der Waals surface area (Å²) in [7, 11) is 1.64. The van der Waals surface area contributed by atoms with Gasteiger partial charge >= 0.3 is 0 Å². The molecule has 1 N–H and O–H groups in total. The third-order valence-corrected chi connectivity index (χ3v) is 5.83. The number of thiophene rings is 1. The van der Waals surface area contributed by atoms with Gasteiger partial charge in [0.05, 0.1) is 12.0 Å². The zero-order valence-corrected chi connectivity index (χ0v) is 15.3. The van der Waals surface area contributed by atoms with Gasteiger partial charge in [-0.1, -0.05) is 0 Å². The van der Waals surface area contributed by atoms with Crippen LogP contribution in [0.15, 0.2) is 6.33 Å². The maximum atomic E-state index is 12.2. The minimum atomic E-state index is 0.0840. The lowest BCUT2D eigenvalue weighted by Gasteiger charge is -2.32. The molecule has 1 amide bonds. The van der Waals surface area contributed by atoms with Crippen LogP contribution in [0.5, 0.6) is 0 Å². The summed E-state index contributed by atoms with van der Waals surface area (Å²) in [5.41, 5.74) is 1.27. The molecule has 3 rings (SSSR count). The summed E-state index contributed by atoms with van der Waals surface area (Å²) in [6.45, 7) is 7.10. The van der Waals surface area contributed by atoms with Gasteiger partial charge in [0.1, 0.15) is 17.0 Å². The molecule has 1 fully saturated rings. The minimum absolute atomic E-state index is 0.0840. The van der Waals surface area contributed by atoms with Crippen LogP contribution in [0.4, 0.5) is 5.82 Å². The quantitative estimate of drug-likeness (QED) is 0.840. The summed E-state index contributed by atoms with van der Waals surface area (Å²) in [5, 5.41) is 4.11. The Morgan fingerprint density at radius 2 is 2.12 bits per heavy atom. The number of piperidine rings is 1. The van der Waals surface area contributed by atoms with E-state index in [1.165, 1.54) is 15.8 Å². The Hall–Kier alpha value is -1.73. The average Bonchev–Trinajstić information content (AvgIpc) is 2.90. The Kier molecular flexibility index (Phi) is 5.30. The number of aryl methyl sites for hydroxylation is 2. The van der Waals surface area contributed by atoms with Gasteiger partial charge in [0.2, 0.25) is 5.91 Å². The highest BCUT2D eigenvalue weighted by atomic mass is 32.1. The molecule has 1 aliphatic heterocycles. The van der Waals surface area contributed by atoms with Crippen molar-refractivity contribution in [2.75, 3.05) is 38.3 Å². The van der Waals surface area contributed by atoms with E-state index in [9.17, 15) is 4.79 Å². The van der Waals surface area contributed by atoms with E-state index in [-0.39, 0.29) is 11.8 Å². The van der Waals surface area contributed by atoms with E-state index in [4.69, 9.17) is 4.74 Å². The van der Waals surface area contributed by atoms with E-state index in [0.29, 0.717) is 13.2 Å². The van der Waals surface area contributed by atoms with Gasteiger partial charge in [-0.2, -0.15) is 0 Å². The van der Waals surface area contributed by atoms with Gasteiger partial charge in [0, 0.05) is 37.5 Å². The van der Waals surface area contributed by atoms with Crippen LogP contribution in [0.25, 0.3) is 10.2 Å². The Balaban J connectivity index is 1.68. The first-order chi connectivity index (χ1) is 11.6. The number of ether oxygens (including phenoxy) is 1. The van der Waals surface area contributed by atoms with E-state index in [1.54, 1.807) is 24.8 Å². The van der Waals surface area contributed by atoms with E-state index in [0.717, 1.165) is 36.6 Å². The monoisotopic (exact) mass is 348 g/mol. The van der Waals surface area contributed by atoms with Gasteiger partial charge in [0.15, 0.2) is 0 Å². The number of nitrogens with zero attached hydrogens (tertiary/aromatic N) is 3.